The van der Waals surface area contributed by atoms with Gasteiger partial charge in [-0.3, -0.25) is 0 Å². The zero-order valence-corrected chi connectivity index (χ0v) is 14.1. The van der Waals surface area contributed by atoms with Gasteiger partial charge in [0.2, 0.25) is 10.0 Å². The van der Waals surface area contributed by atoms with Crippen molar-refractivity contribution in [3.63, 3.8) is 0 Å². The molecule has 0 saturated heterocycles. The molecule has 0 fully saturated rings. The Morgan fingerprint density at radius 1 is 1.33 bits per heavy atom. The summed E-state index contributed by atoms with van der Waals surface area (Å²) in [4.78, 5) is 2.12. The number of ether oxygens (including phenoxy) is 1. The molecule has 21 heavy (non-hydrogen) atoms. The fourth-order valence-corrected chi connectivity index (χ4v) is 3.58. The summed E-state index contributed by atoms with van der Waals surface area (Å²) in [5.74, 6) is 0.243. The van der Waals surface area contributed by atoms with Crippen LogP contribution in [-0.4, -0.2) is 47.6 Å². The molecule has 0 aromatic heterocycles. The third-order valence-electron chi connectivity index (χ3n) is 2.96. The van der Waals surface area contributed by atoms with E-state index >= 15 is 0 Å². The maximum atomic E-state index is 12.4. The molecule has 0 bridgehead atoms. The van der Waals surface area contributed by atoms with Crippen LogP contribution < -0.4 is 15.2 Å². The Kier molecular flexibility index (Phi) is 5.61. The van der Waals surface area contributed by atoms with Gasteiger partial charge in [0.1, 0.15) is 10.6 Å². The Bertz CT molecular complexity index is 583. The number of methoxy groups -OCH3 is 1. The lowest BCUT2D eigenvalue weighted by Gasteiger charge is -2.28. The molecular formula is C14H25N3O3S. The zero-order valence-electron chi connectivity index (χ0n) is 13.3. The van der Waals surface area contributed by atoms with Crippen LogP contribution in [0.1, 0.15) is 13.8 Å². The van der Waals surface area contributed by atoms with Gasteiger partial charge >= 0.3 is 0 Å². The molecule has 6 nitrogen and oxygen atoms in total. The Balaban J connectivity index is 2.93. The van der Waals surface area contributed by atoms with Crippen LogP contribution >= 0.6 is 0 Å². The first-order chi connectivity index (χ1) is 9.57. The average molecular weight is 315 g/mol. The van der Waals surface area contributed by atoms with E-state index in [1.165, 1.54) is 19.2 Å². The van der Waals surface area contributed by atoms with Crippen LogP contribution in [0.3, 0.4) is 0 Å². The number of nitrogen functional groups attached to an aromatic ring is 1. The lowest BCUT2D eigenvalue weighted by molar-refractivity contribution is 0.242. The lowest BCUT2D eigenvalue weighted by Crippen LogP contribution is -2.40. The van der Waals surface area contributed by atoms with Crippen LogP contribution in [0.15, 0.2) is 23.1 Å². The number of benzene rings is 1. The van der Waals surface area contributed by atoms with Crippen molar-refractivity contribution in [2.75, 3.05) is 40.0 Å². The summed E-state index contributed by atoms with van der Waals surface area (Å²) in [5.41, 5.74) is 5.92. The van der Waals surface area contributed by atoms with Crippen molar-refractivity contribution in [3.05, 3.63) is 18.2 Å². The molecule has 0 heterocycles. The molecule has 1 rings (SSSR count). The molecule has 0 spiro atoms. The van der Waals surface area contributed by atoms with Gasteiger partial charge in [-0.05, 0) is 31.6 Å². The Morgan fingerprint density at radius 2 is 1.95 bits per heavy atom. The minimum atomic E-state index is -3.64. The molecule has 7 heteroatoms. The highest BCUT2D eigenvalue weighted by atomic mass is 32.2. The summed E-state index contributed by atoms with van der Waals surface area (Å²) in [6.07, 6.45) is 0. The second-order valence-electron chi connectivity index (χ2n) is 6.14. The third kappa shape index (κ3) is 5.18. The number of anilines is 1. The van der Waals surface area contributed by atoms with Gasteiger partial charge in [0.25, 0.3) is 0 Å². The fourth-order valence-electron chi connectivity index (χ4n) is 2.19. The topological polar surface area (TPSA) is 84.7 Å². The highest BCUT2D eigenvalue weighted by Crippen LogP contribution is 2.26. The van der Waals surface area contributed by atoms with E-state index in [-0.39, 0.29) is 16.1 Å². The van der Waals surface area contributed by atoms with E-state index in [1.54, 1.807) is 6.07 Å². The molecule has 1 aromatic carbocycles. The molecule has 0 aliphatic rings. The maximum Gasteiger partial charge on any atom is 0.244 e. The monoisotopic (exact) mass is 315 g/mol. The van der Waals surface area contributed by atoms with Gasteiger partial charge in [-0.2, -0.15) is 0 Å². The Hall–Kier alpha value is -1.31. The molecule has 120 valence electrons. The van der Waals surface area contributed by atoms with Crippen molar-refractivity contribution in [1.82, 2.24) is 9.62 Å². The maximum absolute atomic E-state index is 12.4. The quantitative estimate of drug-likeness (QED) is 0.737. The van der Waals surface area contributed by atoms with Gasteiger partial charge in [-0.1, -0.05) is 13.8 Å². The first-order valence-electron chi connectivity index (χ1n) is 6.65. The smallest absolute Gasteiger partial charge is 0.244 e. The van der Waals surface area contributed by atoms with Crippen LogP contribution in [-0.2, 0) is 10.0 Å². The Labute approximate surface area is 127 Å². The van der Waals surface area contributed by atoms with Crippen molar-refractivity contribution < 1.29 is 13.2 Å². The highest BCUT2D eigenvalue weighted by Gasteiger charge is 2.25. The lowest BCUT2D eigenvalue weighted by atomic mass is 9.93. The molecule has 1 aromatic rings. The van der Waals surface area contributed by atoms with E-state index < -0.39 is 10.0 Å². The normalized spacial score (nSPS) is 12.7. The minimum absolute atomic E-state index is 0.0971. The number of nitrogens with two attached hydrogens (primary N) is 1. The van der Waals surface area contributed by atoms with E-state index in [9.17, 15) is 8.42 Å². The molecular weight excluding hydrogens is 290 g/mol. The second-order valence-corrected chi connectivity index (χ2v) is 7.87. The van der Waals surface area contributed by atoms with Crippen LogP contribution in [0.5, 0.6) is 5.75 Å². The molecule has 3 N–H and O–H groups in total. The molecule has 0 radical (unpaired) electrons. The summed E-state index contributed by atoms with van der Waals surface area (Å²) < 4.78 is 32.6. The van der Waals surface area contributed by atoms with E-state index in [0.717, 1.165) is 6.54 Å². The number of nitrogens with one attached hydrogen (secondary N) is 1. The van der Waals surface area contributed by atoms with Crippen LogP contribution in [0, 0.1) is 5.41 Å². The predicted octanol–water partition coefficient (Wildman–Crippen LogP) is 1.14. The van der Waals surface area contributed by atoms with Crippen LogP contribution in [0.2, 0.25) is 0 Å². The summed E-state index contributed by atoms with van der Waals surface area (Å²) in [6.45, 7) is 5.13. The number of hydrogen-bond acceptors (Lipinski definition) is 5. The largest absolute Gasteiger partial charge is 0.495 e. The van der Waals surface area contributed by atoms with Crippen molar-refractivity contribution in [3.8, 4) is 5.75 Å². The van der Waals surface area contributed by atoms with Gasteiger partial charge in [0.05, 0.1) is 7.11 Å². The molecule has 0 aliphatic carbocycles. The van der Waals surface area contributed by atoms with E-state index in [0.29, 0.717) is 12.2 Å². The van der Waals surface area contributed by atoms with Crippen LogP contribution in [0.4, 0.5) is 5.69 Å². The molecule has 0 unspecified atom stereocenters. The van der Waals surface area contributed by atoms with Gasteiger partial charge < -0.3 is 15.4 Å². The SMILES string of the molecule is COc1cc(N)ccc1S(=O)(=O)NCC(C)(C)CN(C)C. The van der Waals surface area contributed by atoms with Gasteiger partial charge in [-0.25, -0.2) is 13.1 Å². The number of rotatable bonds is 7. The zero-order chi connectivity index (χ0) is 16.3. The molecule has 0 atom stereocenters. The third-order valence-corrected chi connectivity index (χ3v) is 4.40. The number of sulfonamides is 1. The van der Waals surface area contributed by atoms with E-state index in [2.05, 4.69) is 4.72 Å². The summed E-state index contributed by atoms with van der Waals surface area (Å²) in [7, 11) is 1.70. The first-order valence-corrected chi connectivity index (χ1v) is 8.14. The molecule has 0 amide bonds. The van der Waals surface area contributed by atoms with Gasteiger partial charge in [0, 0.05) is 24.8 Å². The van der Waals surface area contributed by atoms with Crippen molar-refractivity contribution >= 4 is 15.7 Å². The van der Waals surface area contributed by atoms with Gasteiger partial charge in [0.15, 0.2) is 0 Å². The van der Waals surface area contributed by atoms with E-state index in [1.807, 2.05) is 32.8 Å². The predicted molar refractivity (Wildman–Crippen MR) is 84.9 cm³/mol. The number of hydrogen-bond donors (Lipinski definition) is 2. The first kappa shape index (κ1) is 17.7. The average Bonchev–Trinajstić information content (AvgIpc) is 2.34. The van der Waals surface area contributed by atoms with Crippen molar-refractivity contribution in [1.29, 1.82) is 0 Å². The summed E-state index contributed by atoms with van der Waals surface area (Å²) in [5, 5.41) is 0. The second kappa shape index (κ2) is 6.64. The fraction of sp³-hybridized carbons (Fsp3) is 0.571. The Morgan fingerprint density at radius 3 is 2.48 bits per heavy atom. The molecule has 0 aliphatic heterocycles. The highest BCUT2D eigenvalue weighted by molar-refractivity contribution is 7.89. The summed E-state index contributed by atoms with van der Waals surface area (Å²) in [6, 6.07) is 4.50. The summed E-state index contributed by atoms with van der Waals surface area (Å²) >= 11 is 0. The minimum Gasteiger partial charge on any atom is -0.495 e. The standard InChI is InChI=1S/C14H25N3O3S/c1-14(2,10-17(3)4)9-16-21(18,19)13-7-6-11(15)8-12(13)20-5/h6-8,16H,9-10,15H2,1-5H3. The van der Waals surface area contributed by atoms with Crippen molar-refractivity contribution in [2.45, 2.75) is 18.7 Å². The van der Waals surface area contributed by atoms with Gasteiger partial charge in [-0.15, -0.1) is 0 Å². The molecule has 0 saturated carbocycles. The van der Waals surface area contributed by atoms with Crippen molar-refractivity contribution in [2.24, 2.45) is 5.41 Å². The van der Waals surface area contributed by atoms with Crippen LogP contribution in [0.25, 0.3) is 0 Å². The van der Waals surface area contributed by atoms with E-state index in [4.69, 9.17) is 10.5 Å². The number of nitrogens with zero attached hydrogens (tertiary/aromatic N) is 1.